The third kappa shape index (κ3) is 2.40. The molecule has 0 aliphatic heterocycles. The molecule has 1 atom stereocenters. The number of rotatable bonds is 2. The van der Waals surface area contributed by atoms with E-state index in [-0.39, 0.29) is 11.9 Å². The molecule has 0 spiro atoms. The van der Waals surface area contributed by atoms with E-state index >= 15 is 0 Å². The van der Waals surface area contributed by atoms with Gasteiger partial charge in [-0.05, 0) is 42.5 Å². The summed E-state index contributed by atoms with van der Waals surface area (Å²) in [5, 5.41) is 0. The molecule has 1 fully saturated rings. The van der Waals surface area contributed by atoms with Crippen molar-refractivity contribution < 1.29 is 4.39 Å². The molecule has 0 heterocycles. The number of nitrogens with two attached hydrogens (primary N) is 1. The van der Waals surface area contributed by atoms with Crippen molar-refractivity contribution >= 4 is 15.9 Å². The summed E-state index contributed by atoms with van der Waals surface area (Å²) in [7, 11) is 0. The predicted molar refractivity (Wildman–Crippen MR) is 63.0 cm³/mol. The summed E-state index contributed by atoms with van der Waals surface area (Å²) in [6.45, 7) is 0. The topological polar surface area (TPSA) is 26.0 Å². The van der Waals surface area contributed by atoms with Gasteiger partial charge in [0.1, 0.15) is 5.82 Å². The molecule has 1 aliphatic rings. The Labute approximate surface area is 98.0 Å². The lowest BCUT2D eigenvalue weighted by molar-refractivity contribution is 0.442. The zero-order valence-corrected chi connectivity index (χ0v) is 10.1. The van der Waals surface area contributed by atoms with Gasteiger partial charge in [-0.1, -0.05) is 28.8 Å². The highest BCUT2D eigenvalue weighted by molar-refractivity contribution is 9.10. The van der Waals surface area contributed by atoms with Crippen LogP contribution in [0.2, 0.25) is 0 Å². The lowest BCUT2D eigenvalue weighted by atomic mass is 9.92. The lowest BCUT2D eigenvalue weighted by Gasteiger charge is -2.20. The van der Waals surface area contributed by atoms with E-state index in [1.165, 1.54) is 31.7 Å². The second-order valence-corrected chi connectivity index (χ2v) is 5.09. The third-order valence-electron chi connectivity index (χ3n) is 3.22. The molecule has 0 saturated heterocycles. The van der Waals surface area contributed by atoms with Crippen molar-refractivity contribution in [2.24, 2.45) is 11.7 Å². The van der Waals surface area contributed by atoms with Crippen molar-refractivity contribution in [1.29, 1.82) is 0 Å². The molecule has 1 saturated carbocycles. The Morgan fingerprint density at radius 1 is 1.33 bits per heavy atom. The van der Waals surface area contributed by atoms with Crippen molar-refractivity contribution in [2.45, 2.75) is 31.7 Å². The van der Waals surface area contributed by atoms with E-state index in [2.05, 4.69) is 15.9 Å². The van der Waals surface area contributed by atoms with Crippen LogP contribution in [0.25, 0.3) is 0 Å². The van der Waals surface area contributed by atoms with Gasteiger partial charge in [-0.2, -0.15) is 0 Å². The Kier molecular flexibility index (Phi) is 3.42. The number of halogens is 2. The molecular formula is C12H15BrFN. The third-order valence-corrected chi connectivity index (χ3v) is 3.95. The van der Waals surface area contributed by atoms with Crippen molar-refractivity contribution in [3.05, 3.63) is 34.1 Å². The van der Waals surface area contributed by atoms with Crippen molar-refractivity contribution in [1.82, 2.24) is 0 Å². The minimum atomic E-state index is -0.207. The van der Waals surface area contributed by atoms with E-state index in [1.54, 1.807) is 12.1 Å². The number of hydrogen-bond donors (Lipinski definition) is 1. The largest absolute Gasteiger partial charge is 0.324 e. The van der Waals surface area contributed by atoms with E-state index in [0.29, 0.717) is 5.92 Å². The highest BCUT2D eigenvalue weighted by Crippen LogP contribution is 2.36. The van der Waals surface area contributed by atoms with Crippen LogP contribution in [0, 0.1) is 11.7 Å². The van der Waals surface area contributed by atoms with E-state index in [4.69, 9.17) is 5.73 Å². The normalized spacial score (nSPS) is 19.4. The lowest BCUT2D eigenvalue weighted by Crippen LogP contribution is -2.19. The summed E-state index contributed by atoms with van der Waals surface area (Å²) < 4.78 is 14.0. The molecular weight excluding hydrogens is 257 g/mol. The van der Waals surface area contributed by atoms with Gasteiger partial charge < -0.3 is 5.73 Å². The SMILES string of the molecule is NC(c1cc(F)ccc1Br)C1CCCC1. The van der Waals surface area contributed by atoms with E-state index in [0.717, 1.165) is 10.0 Å². The Hall–Kier alpha value is -0.410. The van der Waals surface area contributed by atoms with Gasteiger partial charge in [-0.3, -0.25) is 0 Å². The van der Waals surface area contributed by atoms with Crippen LogP contribution in [0.4, 0.5) is 4.39 Å². The molecule has 0 amide bonds. The molecule has 0 aromatic heterocycles. The van der Waals surface area contributed by atoms with Crippen LogP contribution in [0.15, 0.2) is 22.7 Å². The minimum absolute atomic E-state index is 0.0300. The quantitative estimate of drug-likeness (QED) is 0.871. The van der Waals surface area contributed by atoms with Crippen molar-refractivity contribution in [3.8, 4) is 0 Å². The Morgan fingerprint density at radius 3 is 2.67 bits per heavy atom. The summed E-state index contributed by atoms with van der Waals surface area (Å²) in [5.74, 6) is 0.310. The molecule has 3 heteroatoms. The standard InChI is InChI=1S/C12H15BrFN/c13-11-6-5-9(14)7-10(11)12(15)8-3-1-2-4-8/h5-8,12H,1-4,15H2. The first-order valence-corrected chi connectivity index (χ1v) is 6.18. The zero-order chi connectivity index (χ0) is 10.8. The molecule has 2 rings (SSSR count). The van der Waals surface area contributed by atoms with Gasteiger partial charge in [-0.25, -0.2) is 4.39 Å². The summed E-state index contributed by atoms with van der Waals surface area (Å²) >= 11 is 3.43. The molecule has 1 aromatic carbocycles. The first kappa shape index (κ1) is 11.1. The van der Waals surface area contributed by atoms with Gasteiger partial charge in [-0.15, -0.1) is 0 Å². The average molecular weight is 272 g/mol. The van der Waals surface area contributed by atoms with Crippen LogP contribution in [-0.4, -0.2) is 0 Å². The van der Waals surface area contributed by atoms with E-state index in [9.17, 15) is 4.39 Å². The van der Waals surface area contributed by atoms with Gasteiger partial charge in [0.25, 0.3) is 0 Å². The maximum atomic E-state index is 13.1. The molecule has 15 heavy (non-hydrogen) atoms. The van der Waals surface area contributed by atoms with Crippen LogP contribution >= 0.6 is 15.9 Å². The molecule has 82 valence electrons. The summed E-state index contributed by atoms with van der Waals surface area (Å²) in [6, 6.07) is 4.71. The van der Waals surface area contributed by atoms with Gasteiger partial charge in [0.05, 0.1) is 0 Å². The Bertz CT molecular complexity index is 347. The Morgan fingerprint density at radius 2 is 2.00 bits per heavy atom. The monoisotopic (exact) mass is 271 g/mol. The van der Waals surface area contributed by atoms with Gasteiger partial charge in [0.15, 0.2) is 0 Å². The van der Waals surface area contributed by atoms with Crippen LogP contribution in [0.1, 0.15) is 37.3 Å². The van der Waals surface area contributed by atoms with E-state index in [1.807, 2.05) is 0 Å². The summed E-state index contributed by atoms with van der Waals surface area (Å²) in [5.41, 5.74) is 7.08. The highest BCUT2D eigenvalue weighted by Gasteiger charge is 2.24. The second-order valence-electron chi connectivity index (χ2n) is 4.24. The maximum Gasteiger partial charge on any atom is 0.123 e. The fraction of sp³-hybridized carbons (Fsp3) is 0.500. The van der Waals surface area contributed by atoms with Crippen molar-refractivity contribution in [3.63, 3.8) is 0 Å². The van der Waals surface area contributed by atoms with Gasteiger partial charge >= 0.3 is 0 Å². The van der Waals surface area contributed by atoms with Crippen LogP contribution in [-0.2, 0) is 0 Å². The number of hydrogen-bond acceptors (Lipinski definition) is 1. The first-order chi connectivity index (χ1) is 7.18. The maximum absolute atomic E-state index is 13.1. The smallest absolute Gasteiger partial charge is 0.123 e. The Balaban J connectivity index is 2.23. The molecule has 1 aliphatic carbocycles. The predicted octanol–water partition coefficient (Wildman–Crippen LogP) is 3.78. The van der Waals surface area contributed by atoms with Gasteiger partial charge in [0.2, 0.25) is 0 Å². The summed E-state index contributed by atoms with van der Waals surface area (Å²) in [4.78, 5) is 0. The fourth-order valence-electron chi connectivity index (χ4n) is 2.34. The van der Waals surface area contributed by atoms with Crippen LogP contribution < -0.4 is 5.73 Å². The minimum Gasteiger partial charge on any atom is -0.324 e. The molecule has 0 radical (unpaired) electrons. The molecule has 2 N–H and O–H groups in total. The van der Waals surface area contributed by atoms with E-state index < -0.39 is 0 Å². The highest BCUT2D eigenvalue weighted by atomic mass is 79.9. The van der Waals surface area contributed by atoms with Crippen LogP contribution in [0.3, 0.4) is 0 Å². The van der Waals surface area contributed by atoms with Crippen molar-refractivity contribution in [2.75, 3.05) is 0 Å². The summed E-state index contributed by atoms with van der Waals surface area (Å²) in [6.07, 6.45) is 4.85. The van der Waals surface area contributed by atoms with Gasteiger partial charge in [0, 0.05) is 10.5 Å². The second kappa shape index (κ2) is 4.62. The average Bonchev–Trinajstić information content (AvgIpc) is 2.74. The molecule has 1 aromatic rings. The zero-order valence-electron chi connectivity index (χ0n) is 8.55. The molecule has 1 nitrogen and oxygen atoms in total. The van der Waals surface area contributed by atoms with Crippen LogP contribution in [0.5, 0.6) is 0 Å². The molecule has 1 unspecified atom stereocenters. The first-order valence-electron chi connectivity index (χ1n) is 5.39. The molecule has 0 bridgehead atoms. The fourth-order valence-corrected chi connectivity index (χ4v) is 2.85. The number of benzene rings is 1.